The Morgan fingerprint density at radius 1 is 1.53 bits per heavy atom. The Morgan fingerprint density at radius 2 is 2.24 bits per heavy atom. The number of halogens is 1. The molecule has 0 radical (unpaired) electrons. The summed E-state index contributed by atoms with van der Waals surface area (Å²) in [7, 11) is 0. The molecular weight excluding hydrogens is 244 g/mol. The van der Waals surface area contributed by atoms with Gasteiger partial charge in [-0.2, -0.15) is 0 Å². The normalized spacial score (nSPS) is 10.0. The molecule has 6 heteroatoms. The third kappa shape index (κ3) is 3.42. The fourth-order valence-electron chi connectivity index (χ4n) is 1.43. The second kappa shape index (κ2) is 6.20. The Balaban J connectivity index is 2.87. The van der Waals surface area contributed by atoms with Crippen LogP contribution in [0.15, 0.2) is 18.2 Å². The van der Waals surface area contributed by atoms with E-state index < -0.39 is 4.92 Å². The first-order valence-corrected chi connectivity index (χ1v) is 5.69. The van der Waals surface area contributed by atoms with Crippen LogP contribution in [-0.2, 0) is 0 Å². The first-order chi connectivity index (χ1) is 8.07. The molecular formula is C11H13ClN2O3. The molecule has 1 rings (SSSR count). The number of nitrogens with zero attached hydrogens (tertiary/aromatic N) is 1. The molecule has 0 spiro atoms. The van der Waals surface area contributed by atoms with Crippen molar-refractivity contribution in [1.82, 2.24) is 5.32 Å². The molecule has 0 unspecified atom stereocenters. The summed E-state index contributed by atoms with van der Waals surface area (Å²) in [6, 6.07) is 4.45. The van der Waals surface area contributed by atoms with E-state index in [1.165, 1.54) is 12.1 Å². The topological polar surface area (TPSA) is 72.2 Å². The molecule has 0 atom stereocenters. The highest BCUT2D eigenvalue weighted by molar-refractivity contribution is 6.17. The molecule has 0 saturated carbocycles. The summed E-state index contributed by atoms with van der Waals surface area (Å²) in [5, 5.41) is 13.4. The number of benzene rings is 1. The van der Waals surface area contributed by atoms with Crippen molar-refractivity contribution in [2.24, 2.45) is 0 Å². The first kappa shape index (κ1) is 13.4. The second-order valence-electron chi connectivity index (χ2n) is 3.51. The SMILES string of the molecule is Cc1c(C(=O)NCCCCl)cccc1[N+](=O)[O-]. The molecule has 0 heterocycles. The van der Waals surface area contributed by atoms with Crippen LogP contribution in [0, 0.1) is 17.0 Å². The highest BCUT2D eigenvalue weighted by Crippen LogP contribution is 2.20. The molecule has 5 nitrogen and oxygen atoms in total. The zero-order chi connectivity index (χ0) is 12.8. The lowest BCUT2D eigenvalue weighted by Gasteiger charge is -2.06. The van der Waals surface area contributed by atoms with Crippen LogP contribution >= 0.6 is 11.6 Å². The van der Waals surface area contributed by atoms with Gasteiger partial charge in [-0.3, -0.25) is 14.9 Å². The zero-order valence-corrected chi connectivity index (χ0v) is 10.2. The van der Waals surface area contributed by atoms with Crippen LogP contribution in [0.3, 0.4) is 0 Å². The van der Waals surface area contributed by atoms with Crippen molar-refractivity contribution in [2.45, 2.75) is 13.3 Å². The minimum Gasteiger partial charge on any atom is -0.352 e. The van der Waals surface area contributed by atoms with E-state index in [9.17, 15) is 14.9 Å². The van der Waals surface area contributed by atoms with Crippen molar-refractivity contribution in [3.63, 3.8) is 0 Å². The van der Waals surface area contributed by atoms with Gasteiger partial charge in [-0.1, -0.05) is 6.07 Å². The van der Waals surface area contributed by atoms with Gasteiger partial charge in [-0.25, -0.2) is 0 Å². The minimum absolute atomic E-state index is 0.0463. The molecule has 0 aliphatic carbocycles. The van der Waals surface area contributed by atoms with Gasteiger partial charge in [0, 0.05) is 29.6 Å². The number of nitro groups is 1. The highest BCUT2D eigenvalue weighted by Gasteiger charge is 2.17. The van der Waals surface area contributed by atoms with Crippen LogP contribution in [-0.4, -0.2) is 23.3 Å². The molecule has 1 aromatic rings. The Morgan fingerprint density at radius 3 is 2.82 bits per heavy atom. The maximum atomic E-state index is 11.7. The predicted molar refractivity (Wildman–Crippen MR) is 65.5 cm³/mol. The third-order valence-corrected chi connectivity index (χ3v) is 2.61. The van der Waals surface area contributed by atoms with E-state index in [0.717, 1.165) is 0 Å². The van der Waals surface area contributed by atoms with Crippen LogP contribution in [0.4, 0.5) is 5.69 Å². The summed E-state index contributed by atoms with van der Waals surface area (Å²) in [5.41, 5.74) is 0.657. The van der Waals surface area contributed by atoms with Crippen molar-refractivity contribution in [2.75, 3.05) is 12.4 Å². The number of amides is 1. The smallest absolute Gasteiger partial charge is 0.273 e. The fraction of sp³-hybridized carbons (Fsp3) is 0.364. The molecule has 0 aliphatic heterocycles. The molecule has 0 aliphatic rings. The van der Waals surface area contributed by atoms with E-state index >= 15 is 0 Å². The third-order valence-electron chi connectivity index (χ3n) is 2.34. The predicted octanol–water partition coefficient (Wildman–Crippen LogP) is 2.26. The van der Waals surface area contributed by atoms with Crippen molar-refractivity contribution >= 4 is 23.2 Å². The number of nitro benzene ring substituents is 1. The van der Waals surface area contributed by atoms with E-state index in [0.29, 0.717) is 30.0 Å². The van der Waals surface area contributed by atoms with Gasteiger partial charge >= 0.3 is 0 Å². The Hall–Kier alpha value is -1.62. The van der Waals surface area contributed by atoms with Gasteiger partial charge in [0.1, 0.15) is 0 Å². The minimum atomic E-state index is -0.495. The number of nitrogens with one attached hydrogen (secondary N) is 1. The maximum Gasteiger partial charge on any atom is 0.273 e. The molecule has 0 aromatic heterocycles. The van der Waals surface area contributed by atoms with Crippen LogP contribution in [0.5, 0.6) is 0 Å². The average molecular weight is 257 g/mol. The van der Waals surface area contributed by atoms with Gasteiger partial charge < -0.3 is 5.32 Å². The van der Waals surface area contributed by atoms with E-state index in [4.69, 9.17) is 11.6 Å². The van der Waals surface area contributed by atoms with Gasteiger partial charge in [-0.15, -0.1) is 11.6 Å². The fourth-order valence-corrected chi connectivity index (χ4v) is 1.56. The lowest BCUT2D eigenvalue weighted by molar-refractivity contribution is -0.385. The highest BCUT2D eigenvalue weighted by atomic mass is 35.5. The number of rotatable bonds is 5. The molecule has 92 valence electrons. The van der Waals surface area contributed by atoms with Gasteiger partial charge in [0.2, 0.25) is 0 Å². The van der Waals surface area contributed by atoms with E-state index in [1.54, 1.807) is 13.0 Å². The van der Waals surface area contributed by atoms with E-state index in [1.807, 2.05) is 0 Å². The van der Waals surface area contributed by atoms with Gasteiger partial charge in [0.15, 0.2) is 0 Å². The van der Waals surface area contributed by atoms with Crippen molar-refractivity contribution in [3.8, 4) is 0 Å². The first-order valence-electron chi connectivity index (χ1n) is 5.16. The summed E-state index contributed by atoms with van der Waals surface area (Å²) in [6.45, 7) is 2.03. The molecule has 0 fully saturated rings. The summed E-state index contributed by atoms with van der Waals surface area (Å²) in [4.78, 5) is 22.0. The summed E-state index contributed by atoms with van der Waals surface area (Å²) < 4.78 is 0. The molecule has 0 bridgehead atoms. The summed E-state index contributed by atoms with van der Waals surface area (Å²) >= 11 is 5.49. The maximum absolute atomic E-state index is 11.7. The Labute approximate surface area is 104 Å². The van der Waals surface area contributed by atoms with Crippen LogP contribution in [0.1, 0.15) is 22.3 Å². The van der Waals surface area contributed by atoms with E-state index in [2.05, 4.69) is 5.32 Å². The average Bonchev–Trinajstić information content (AvgIpc) is 2.29. The van der Waals surface area contributed by atoms with Crippen molar-refractivity contribution in [1.29, 1.82) is 0 Å². The van der Waals surface area contributed by atoms with Crippen molar-refractivity contribution in [3.05, 3.63) is 39.4 Å². The lowest BCUT2D eigenvalue weighted by Crippen LogP contribution is -2.25. The molecule has 1 N–H and O–H groups in total. The molecule has 0 saturated heterocycles. The Bertz CT molecular complexity index is 435. The van der Waals surface area contributed by atoms with Crippen LogP contribution < -0.4 is 5.32 Å². The van der Waals surface area contributed by atoms with Gasteiger partial charge in [0.05, 0.1) is 4.92 Å². The number of alkyl halides is 1. The monoisotopic (exact) mass is 256 g/mol. The molecule has 1 aromatic carbocycles. The molecule has 1 amide bonds. The standard InChI is InChI=1S/C11H13ClN2O3/c1-8-9(11(15)13-7-3-6-12)4-2-5-10(8)14(16)17/h2,4-5H,3,6-7H2,1H3,(H,13,15). The van der Waals surface area contributed by atoms with E-state index in [-0.39, 0.29) is 11.6 Å². The second-order valence-corrected chi connectivity index (χ2v) is 3.88. The number of hydrogen-bond acceptors (Lipinski definition) is 3. The largest absolute Gasteiger partial charge is 0.352 e. The van der Waals surface area contributed by atoms with Gasteiger partial charge in [-0.05, 0) is 19.4 Å². The van der Waals surface area contributed by atoms with Crippen LogP contribution in [0.2, 0.25) is 0 Å². The van der Waals surface area contributed by atoms with Gasteiger partial charge in [0.25, 0.3) is 11.6 Å². The number of hydrogen-bond donors (Lipinski definition) is 1. The quantitative estimate of drug-likeness (QED) is 0.380. The molecule has 17 heavy (non-hydrogen) atoms. The lowest BCUT2D eigenvalue weighted by atomic mass is 10.1. The zero-order valence-electron chi connectivity index (χ0n) is 9.40. The summed E-state index contributed by atoms with van der Waals surface area (Å²) in [6.07, 6.45) is 0.668. The number of carbonyl (C=O) groups excluding carboxylic acids is 1. The summed E-state index contributed by atoms with van der Waals surface area (Å²) in [5.74, 6) is 0.158. The Kier molecular flexibility index (Phi) is 4.90. The van der Waals surface area contributed by atoms with Crippen LogP contribution in [0.25, 0.3) is 0 Å². The number of carbonyl (C=O) groups is 1. The van der Waals surface area contributed by atoms with Crippen molar-refractivity contribution < 1.29 is 9.72 Å².